The zero-order valence-electron chi connectivity index (χ0n) is 17.1. The SMILES string of the molecule is CCCCc1ccc(NC(=O)Cc2csc(NC(=O)N3CCN(C)CC3)n2)cc1. The Morgan fingerprint density at radius 2 is 1.83 bits per heavy atom. The van der Waals surface area contributed by atoms with Crippen molar-refractivity contribution in [2.75, 3.05) is 43.9 Å². The van der Waals surface area contributed by atoms with Gasteiger partial charge in [0.1, 0.15) is 0 Å². The topological polar surface area (TPSA) is 77.6 Å². The summed E-state index contributed by atoms with van der Waals surface area (Å²) in [6, 6.07) is 7.85. The van der Waals surface area contributed by atoms with E-state index in [2.05, 4.69) is 39.6 Å². The number of thiazole rings is 1. The molecule has 0 spiro atoms. The number of anilines is 2. The monoisotopic (exact) mass is 415 g/mol. The van der Waals surface area contributed by atoms with E-state index in [1.54, 1.807) is 4.90 Å². The summed E-state index contributed by atoms with van der Waals surface area (Å²) in [5.74, 6) is -0.117. The molecule has 1 aliphatic heterocycles. The predicted octanol–water partition coefficient (Wildman–Crippen LogP) is 3.45. The Labute approximate surface area is 176 Å². The molecule has 2 aromatic rings. The van der Waals surface area contributed by atoms with Gasteiger partial charge in [-0.05, 0) is 37.6 Å². The number of piperazine rings is 1. The highest BCUT2D eigenvalue weighted by molar-refractivity contribution is 7.13. The molecule has 0 atom stereocenters. The van der Waals surface area contributed by atoms with Crippen molar-refractivity contribution in [3.63, 3.8) is 0 Å². The average Bonchev–Trinajstić information content (AvgIpc) is 3.14. The fourth-order valence-electron chi connectivity index (χ4n) is 3.13. The summed E-state index contributed by atoms with van der Waals surface area (Å²) in [7, 11) is 2.05. The molecule has 29 heavy (non-hydrogen) atoms. The van der Waals surface area contributed by atoms with Gasteiger partial charge in [-0.25, -0.2) is 9.78 Å². The molecule has 0 radical (unpaired) electrons. The quantitative estimate of drug-likeness (QED) is 0.726. The van der Waals surface area contributed by atoms with Gasteiger partial charge in [-0.2, -0.15) is 0 Å². The normalized spacial score (nSPS) is 14.6. The lowest BCUT2D eigenvalue weighted by molar-refractivity contribution is -0.115. The first-order valence-electron chi connectivity index (χ1n) is 10.1. The van der Waals surface area contributed by atoms with E-state index in [1.807, 2.05) is 24.6 Å². The molecule has 0 saturated carbocycles. The fourth-order valence-corrected chi connectivity index (χ4v) is 3.83. The van der Waals surface area contributed by atoms with E-state index in [-0.39, 0.29) is 18.4 Å². The first-order valence-corrected chi connectivity index (χ1v) is 11.0. The minimum Gasteiger partial charge on any atom is -0.326 e. The number of amides is 3. The largest absolute Gasteiger partial charge is 0.326 e. The molecule has 2 heterocycles. The lowest BCUT2D eigenvalue weighted by Crippen LogP contribution is -2.48. The first-order chi connectivity index (χ1) is 14.0. The maximum Gasteiger partial charge on any atom is 0.323 e. The van der Waals surface area contributed by atoms with E-state index < -0.39 is 0 Å². The van der Waals surface area contributed by atoms with Crippen molar-refractivity contribution in [1.29, 1.82) is 0 Å². The van der Waals surface area contributed by atoms with Crippen LogP contribution in [0.2, 0.25) is 0 Å². The van der Waals surface area contributed by atoms with Gasteiger partial charge in [0, 0.05) is 37.2 Å². The molecule has 0 bridgehead atoms. The number of hydrogen-bond donors (Lipinski definition) is 2. The van der Waals surface area contributed by atoms with Crippen molar-refractivity contribution in [2.45, 2.75) is 32.6 Å². The molecular formula is C21H29N5O2S. The van der Waals surface area contributed by atoms with Gasteiger partial charge in [0.05, 0.1) is 12.1 Å². The third kappa shape index (κ3) is 6.54. The average molecular weight is 416 g/mol. The number of carbonyl (C=O) groups is 2. The summed E-state index contributed by atoms with van der Waals surface area (Å²) in [5, 5.41) is 8.08. The van der Waals surface area contributed by atoms with Gasteiger partial charge in [-0.1, -0.05) is 25.5 Å². The predicted molar refractivity (Wildman–Crippen MR) is 118 cm³/mol. The molecule has 3 amide bonds. The van der Waals surface area contributed by atoms with Crippen molar-refractivity contribution in [2.24, 2.45) is 0 Å². The summed E-state index contributed by atoms with van der Waals surface area (Å²) in [6.07, 6.45) is 3.58. The highest BCUT2D eigenvalue weighted by atomic mass is 32.1. The van der Waals surface area contributed by atoms with E-state index in [0.717, 1.165) is 25.2 Å². The Balaban J connectivity index is 1.46. The number of urea groups is 1. The Morgan fingerprint density at radius 3 is 2.52 bits per heavy atom. The van der Waals surface area contributed by atoms with Crippen LogP contribution in [0, 0.1) is 0 Å². The summed E-state index contributed by atoms with van der Waals surface area (Å²) in [4.78, 5) is 33.0. The summed E-state index contributed by atoms with van der Waals surface area (Å²) in [5.41, 5.74) is 2.72. The molecule has 1 saturated heterocycles. The van der Waals surface area contributed by atoms with Crippen LogP contribution in [0.1, 0.15) is 31.0 Å². The van der Waals surface area contributed by atoms with E-state index in [1.165, 1.54) is 29.7 Å². The molecule has 156 valence electrons. The summed E-state index contributed by atoms with van der Waals surface area (Å²) >= 11 is 1.34. The van der Waals surface area contributed by atoms with Crippen molar-refractivity contribution in [3.05, 3.63) is 40.9 Å². The molecule has 7 nitrogen and oxygen atoms in total. The van der Waals surface area contributed by atoms with E-state index in [9.17, 15) is 9.59 Å². The van der Waals surface area contributed by atoms with Crippen LogP contribution in [0.3, 0.4) is 0 Å². The van der Waals surface area contributed by atoms with E-state index >= 15 is 0 Å². The molecule has 0 aliphatic carbocycles. The third-order valence-corrected chi connectivity index (χ3v) is 5.76. The first kappa shape index (κ1) is 21.3. The van der Waals surface area contributed by atoms with Crippen LogP contribution in [-0.4, -0.2) is 59.9 Å². The molecule has 1 aromatic heterocycles. The second-order valence-electron chi connectivity index (χ2n) is 7.39. The van der Waals surface area contributed by atoms with Crippen LogP contribution in [-0.2, 0) is 17.6 Å². The zero-order valence-corrected chi connectivity index (χ0v) is 17.9. The zero-order chi connectivity index (χ0) is 20.6. The Hall–Kier alpha value is -2.45. The number of nitrogens with zero attached hydrogens (tertiary/aromatic N) is 3. The maximum absolute atomic E-state index is 12.3. The van der Waals surface area contributed by atoms with E-state index in [4.69, 9.17) is 0 Å². The summed E-state index contributed by atoms with van der Waals surface area (Å²) in [6.45, 7) is 5.34. The molecule has 0 unspecified atom stereocenters. The van der Waals surface area contributed by atoms with E-state index in [0.29, 0.717) is 23.9 Å². The van der Waals surface area contributed by atoms with Gasteiger partial charge in [-0.15, -0.1) is 11.3 Å². The second-order valence-corrected chi connectivity index (χ2v) is 8.25. The lowest BCUT2D eigenvalue weighted by atomic mass is 10.1. The second kappa shape index (κ2) is 10.4. The number of unbranched alkanes of at least 4 members (excludes halogenated alkanes) is 1. The van der Waals surface area contributed by atoms with Crippen LogP contribution in [0.25, 0.3) is 0 Å². The minimum atomic E-state index is -0.133. The smallest absolute Gasteiger partial charge is 0.323 e. The molecule has 1 aliphatic rings. The van der Waals surface area contributed by atoms with Crippen molar-refractivity contribution < 1.29 is 9.59 Å². The molecule has 3 rings (SSSR count). The number of benzene rings is 1. The lowest BCUT2D eigenvalue weighted by Gasteiger charge is -2.32. The van der Waals surface area contributed by atoms with Crippen LogP contribution >= 0.6 is 11.3 Å². The molecule has 1 aromatic carbocycles. The number of rotatable bonds is 7. The Kier molecular flexibility index (Phi) is 7.60. The van der Waals surface area contributed by atoms with Gasteiger partial charge in [0.25, 0.3) is 0 Å². The van der Waals surface area contributed by atoms with Gasteiger partial charge in [-0.3, -0.25) is 10.1 Å². The third-order valence-electron chi connectivity index (χ3n) is 4.95. The Morgan fingerprint density at radius 1 is 1.10 bits per heavy atom. The van der Waals surface area contributed by atoms with Crippen LogP contribution in [0.4, 0.5) is 15.6 Å². The molecule has 1 fully saturated rings. The fraction of sp³-hybridized carbons (Fsp3) is 0.476. The molecule has 2 N–H and O–H groups in total. The van der Waals surface area contributed by atoms with Crippen molar-refractivity contribution in [1.82, 2.24) is 14.8 Å². The van der Waals surface area contributed by atoms with Gasteiger partial charge in [0.2, 0.25) is 5.91 Å². The molecule has 8 heteroatoms. The van der Waals surface area contributed by atoms with Gasteiger partial charge < -0.3 is 15.1 Å². The van der Waals surface area contributed by atoms with Gasteiger partial charge in [0.15, 0.2) is 5.13 Å². The standard InChI is InChI=1S/C21H29N5O2S/c1-3-4-5-16-6-8-17(9-7-16)22-19(27)14-18-15-29-20(23-18)24-21(28)26-12-10-25(2)11-13-26/h6-9,15H,3-5,10-14H2,1-2H3,(H,22,27)(H,23,24,28). The van der Waals surface area contributed by atoms with Crippen molar-refractivity contribution >= 4 is 34.1 Å². The number of hydrogen-bond acceptors (Lipinski definition) is 5. The Bertz CT molecular complexity index is 813. The number of likely N-dealkylation sites (N-methyl/N-ethyl adjacent to an activating group) is 1. The number of aryl methyl sites for hydroxylation is 1. The summed E-state index contributed by atoms with van der Waals surface area (Å²) < 4.78 is 0. The highest BCUT2D eigenvalue weighted by Gasteiger charge is 2.20. The van der Waals surface area contributed by atoms with Crippen LogP contribution < -0.4 is 10.6 Å². The minimum absolute atomic E-state index is 0.117. The molecular weight excluding hydrogens is 386 g/mol. The van der Waals surface area contributed by atoms with Crippen LogP contribution in [0.5, 0.6) is 0 Å². The highest BCUT2D eigenvalue weighted by Crippen LogP contribution is 2.18. The number of aromatic nitrogens is 1. The maximum atomic E-state index is 12.3. The van der Waals surface area contributed by atoms with Gasteiger partial charge >= 0.3 is 6.03 Å². The van der Waals surface area contributed by atoms with Crippen LogP contribution in [0.15, 0.2) is 29.6 Å². The number of carbonyl (C=O) groups excluding carboxylic acids is 2. The van der Waals surface area contributed by atoms with Crippen molar-refractivity contribution in [3.8, 4) is 0 Å². The number of nitrogens with one attached hydrogen (secondary N) is 2.